The molecule has 5 heteroatoms. The van der Waals surface area contributed by atoms with Crippen LogP contribution in [-0.2, 0) is 0 Å². The monoisotopic (exact) mass is 371 g/mol. The van der Waals surface area contributed by atoms with Crippen LogP contribution in [0.4, 0.5) is 0 Å². The summed E-state index contributed by atoms with van der Waals surface area (Å²) in [6.45, 7) is 3.18. The van der Waals surface area contributed by atoms with E-state index in [1.807, 2.05) is 41.2 Å². The van der Waals surface area contributed by atoms with Crippen LogP contribution in [0.25, 0.3) is 5.69 Å². The number of carbonyl (C=O) groups is 1. The van der Waals surface area contributed by atoms with E-state index in [-0.39, 0.29) is 5.91 Å². The van der Waals surface area contributed by atoms with Crippen molar-refractivity contribution in [2.24, 2.45) is 5.92 Å². The number of nitrogens with one attached hydrogen (secondary N) is 1. The lowest BCUT2D eigenvalue weighted by atomic mass is 9.83. The van der Waals surface area contributed by atoms with Crippen LogP contribution in [0.15, 0.2) is 42.7 Å². The number of rotatable bonds is 4. The standard InChI is InChI=1S/C21H26ClN3O/c22-19-9-8-17(24-10-3-4-11-24)14-18(19)21(26)23-15-16-6-5-13-25-12-2-1-7-20(16)25/h3-4,8-11,14,16,20H,1-2,5-7,12-13,15H2,(H,23,26)/t16-,20+/m1/s1. The van der Waals surface area contributed by atoms with E-state index in [1.54, 1.807) is 6.07 Å². The number of aromatic nitrogens is 1. The van der Waals surface area contributed by atoms with Gasteiger partial charge in [0.25, 0.3) is 5.91 Å². The number of hydrogen-bond donors (Lipinski definition) is 1. The molecule has 1 aromatic heterocycles. The zero-order valence-corrected chi connectivity index (χ0v) is 15.8. The van der Waals surface area contributed by atoms with E-state index in [0.29, 0.717) is 22.5 Å². The fourth-order valence-electron chi connectivity index (χ4n) is 4.49. The summed E-state index contributed by atoms with van der Waals surface area (Å²) in [5.41, 5.74) is 1.50. The van der Waals surface area contributed by atoms with Gasteiger partial charge in [0.1, 0.15) is 0 Å². The number of halogens is 1. The minimum Gasteiger partial charge on any atom is -0.352 e. The number of nitrogens with zero attached hydrogens (tertiary/aromatic N) is 2. The van der Waals surface area contributed by atoms with Crippen molar-refractivity contribution in [1.82, 2.24) is 14.8 Å². The lowest BCUT2D eigenvalue weighted by molar-refractivity contribution is 0.0575. The Morgan fingerprint density at radius 3 is 2.77 bits per heavy atom. The summed E-state index contributed by atoms with van der Waals surface area (Å²) in [7, 11) is 0. The average Bonchev–Trinajstić information content (AvgIpc) is 3.21. The molecular weight excluding hydrogens is 346 g/mol. The Hall–Kier alpha value is -1.78. The summed E-state index contributed by atoms with van der Waals surface area (Å²) < 4.78 is 1.98. The molecule has 4 nitrogen and oxygen atoms in total. The van der Waals surface area contributed by atoms with E-state index in [2.05, 4.69) is 10.2 Å². The van der Waals surface area contributed by atoms with Gasteiger partial charge in [0.2, 0.25) is 0 Å². The van der Waals surface area contributed by atoms with E-state index in [0.717, 1.165) is 12.2 Å². The minimum atomic E-state index is -0.0723. The Labute approximate surface area is 160 Å². The van der Waals surface area contributed by atoms with Crippen molar-refractivity contribution < 1.29 is 4.79 Å². The van der Waals surface area contributed by atoms with Crippen molar-refractivity contribution in [2.45, 2.75) is 38.1 Å². The molecule has 0 spiro atoms. The Morgan fingerprint density at radius 1 is 1.12 bits per heavy atom. The van der Waals surface area contributed by atoms with Crippen LogP contribution in [0.3, 0.4) is 0 Å². The SMILES string of the molecule is O=C(NC[C@H]1CCCN2CCCC[C@@H]12)c1cc(-n2cccc2)ccc1Cl. The summed E-state index contributed by atoms with van der Waals surface area (Å²) in [4.78, 5) is 15.4. The van der Waals surface area contributed by atoms with Crippen molar-refractivity contribution in [3.8, 4) is 5.69 Å². The maximum Gasteiger partial charge on any atom is 0.252 e. The predicted octanol–water partition coefficient (Wildman–Crippen LogP) is 4.13. The van der Waals surface area contributed by atoms with E-state index in [4.69, 9.17) is 11.6 Å². The number of carbonyl (C=O) groups excluding carboxylic acids is 1. The van der Waals surface area contributed by atoms with Gasteiger partial charge < -0.3 is 14.8 Å². The summed E-state index contributed by atoms with van der Waals surface area (Å²) in [6.07, 6.45) is 10.3. The van der Waals surface area contributed by atoms with Gasteiger partial charge in [-0.3, -0.25) is 4.79 Å². The quantitative estimate of drug-likeness (QED) is 0.877. The fraction of sp³-hybridized carbons (Fsp3) is 0.476. The second-order valence-electron chi connectivity index (χ2n) is 7.47. The number of benzene rings is 1. The number of piperidine rings is 2. The first-order valence-corrected chi connectivity index (χ1v) is 10.1. The second-order valence-corrected chi connectivity index (χ2v) is 7.87. The summed E-state index contributed by atoms with van der Waals surface area (Å²) in [6, 6.07) is 10.2. The van der Waals surface area contributed by atoms with Crippen LogP contribution < -0.4 is 5.32 Å². The molecule has 2 aliphatic heterocycles. The lowest BCUT2D eigenvalue weighted by Gasteiger charge is -2.44. The average molecular weight is 372 g/mol. The molecule has 2 atom stereocenters. The molecule has 2 aliphatic rings. The molecule has 138 valence electrons. The van der Waals surface area contributed by atoms with Crippen molar-refractivity contribution in [3.05, 3.63) is 53.3 Å². The van der Waals surface area contributed by atoms with Crippen molar-refractivity contribution in [1.29, 1.82) is 0 Å². The van der Waals surface area contributed by atoms with Gasteiger partial charge in [-0.15, -0.1) is 0 Å². The highest BCUT2D eigenvalue weighted by Gasteiger charge is 2.33. The Morgan fingerprint density at radius 2 is 1.92 bits per heavy atom. The molecular formula is C21H26ClN3O. The first-order chi connectivity index (χ1) is 12.7. The molecule has 0 radical (unpaired) electrons. The molecule has 2 saturated heterocycles. The van der Waals surface area contributed by atoms with Crippen LogP contribution in [-0.4, -0.2) is 41.1 Å². The highest BCUT2D eigenvalue weighted by atomic mass is 35.5. The fourth-order valence-corrected chi connectivity index (χ4v) is 4.69. The van der Waals surface area contributed by atoms with Gasteiger partial charge in [-0.1, -0.05) is 18.0 Å². The molecule has 1 aromatic carbocycles. The zero-order chi connectivity index (χ0) is 17.9. The molecule has 0 bridgehead atoms. The Bertz CT molecular complexity index is 757. The van der Waals surface area contributed by atoms with Crippen LogP contribution >= 0.6 is 11.6 Å². The first-order valence-electron chi connectivity index (χ1n) is 9.67. The molecule has 26 heavy (non-hydrogen) atoms. The molecule has 2 fully saturated rings. The van der Waals surface area contributed by atoms with Gasteiger partial charge in [-0.25, -0.2) is 0 Å². The van der Waals surface area contributed by atoms with E-state index in [1.165, 1.54) is 45.2 Å². The van der Waals surface area contributed by atoms with E-state index < -0.39 is 0 Å². The van der Waals surface area contributed by atoms with Gasteiger partial charge >= 0.3 is 0 Å². The normalized spacial score (nSPS) is 23.4. The van der Waals surface area contributed by atoms with Gasteiger partial charge in [0.15, 0.2) is 0 Å². The smallest absolute Gasteiger partial charge is 0.252 e. The highest BCUT2D eigenvalue weighted by molar-refractivity contribution is 6.33. The molecule has 1 amide bonds. The maximum absolute atomic E-state index is 12.8. The molecule has 2 aromatic rings. The third-order valence-electron chi connectivity index (χ3n) is 5.85. The number of hydrogen-bond acceptors (Lipinski definition) is 2. The van der Waals surface area contributed by atoms with Gasteiger partial charge in [0, 0.05) is 30.7 Å². The lowest BCUT2D eigenvalue weighted by Crippen LogP contribution is -2.51. The van der Waals surface area contributed by atoms with Gasteiger partial charge in [-0.05, 0) is 75.0 Å². The molecule has 0 aliphatic carbocycles. The van der Waals surface area contributed by atoms with Crippen LogP contribution in [0, 0.1) is 5.92 Å². The largest absolute Gasteiger partial charge is 0.352 e. The Balaban J connectivity index is 1.44. The summed E-state index contributed by atoms with van der Waals surface area (Å²) >= 11 is 6.31. The molecule has 0 unspecified atom stereocenters. The van der Waals surface area contributed by atoms with Crippen LogP contribution in [0.5, 0.6) is 0 Å². The minimum absolute atomic E-state index is 0.0723. The summed E-state index contributed by atoms with van der Waals surface area (Å²) in [5, 5.41) is 3.66. The van der Waals surface area contributed by atoms with Gasteiger partial charge in [0.05, 0.1) is 10.6 Å². The molecule has 4 rings (SSSR count). The van der Waals surface area contributed by atoms with E-state index >= 15 is 0 Å². The van der Waals surface area contributed by atoms with Crippen molar-refractivity contribution in [2.75, 3.05) is 19.6 Å². The Kier molecular flexibility index (Phi) is 5.32. The molecule has 1 N–H and O–H groups in total. The topological polar surface area (TPSA) is 37.3 Å². The summed E-state index contributed by atoms with van der Waals surface area (Å²) in [5.74, 6) is 0.483. The molecule has 0 saturated carbocycles. The second kappa shape index (κ2) is 7.85. The maximum atomic E-state index is 12.8. The van der Waals surface area contributed by atoms with Crippen LogP contribution in [0.2, 0.25) is 5.02 Å². The predicted molar refractivity (Wildman–Crippen MR) is 105 cm³/mol. The van der Waals surface area contributed by atoms with Crippen LogP contribution in [0.1, 0.15) is 42.5 Å². The first kappa shape index (κ1) is 17.6. The van der Waals surface area contributed by atoms with Crippen molar-refractivity contribution >= 4 is 17.5 Å². The van der Waals surface area contributed by atoms with E-state index in [9.17, 15) is 4.79 Å². The molecule has 3 heterocycles. The highest BCUT2D eigenvalue weighted by Crippen LogP contribution is 2.30. The number of fused-ring (bicyclic) bond motifs is 1. The third kappa shape index (κ3) is 3.67. The number of amides is 1. The van der Waals surface area contributed by atoms with Gasteiger partial charge in [-0.2, -0.15) is 0 Å². The zero-order valence-electron chi connectivity index (χ0n) is 15.0. The third-order valence-corrected chi connectivity index (χ3v) is 6.18. The van der Waals surface area contributed by atoms with Crippen molar-refractivity contribution in [3.63, 3.8) is 0 Å².